The van der Waals surface area contributed by atoms with E-state index in [1.807, 2.05) is 0 Å². The second-order valence-corrected chi connectivity index (χ2v) is 2.01. The zero-order valence-electron chi connectivity index (χ0n) is 5.69. The zero-order chi connectivity index (χ0) is 7.52. The molecule has 1 radical (unpaired) electrons. The summed E-state index contributed by atoms with van der Waals surface area (Å²) in [6.45, 7) is 0. The van der Waals surface area contributed by atoms with Gasteiger partial charge in [-0.15, -0.1) is 0 Å². The Balaban J connectivity index is 2.46. The summed E-state index contributed by atoms with van der Waals surface area (Å²) in [5.41, 5.74) is 0.755. The van der Waals surface area contributed by atoms with Gasteiger partial charge in [0.1, 0.15) is 5.69 Å². The van der Waals surface area contributed by atoms with Crippen LogP contribution in [0.5, 0.6) is 0 Å². The van der Waals surface area contributed by atoms with E-state index in [4.69, 9.17) is 4.42 Å². The van der Waals surface area contributed by atoms with Gasteiger partial charge in [0.2, 0.25) is 0 Å². The Kier molecular flexibility index (Phi) is 1.41. The van der Waals surface area contributed by atoms with Crippen molar-refractivity contribution in [3.8, 4) is 11.5 Å². The highest BCUT2D eigenvalue weighted by molar-refractivity contribution is 5.48. The van der Waals surface area contributed by atoms with Gasteiger partial charge in [-0.3, -0.25) is 4.98 Å². The number of hydrogen-bond acceptors (Lipinski definition) is 3. The second-order valence-electron chi connectivity index (χ2n) is 2.01. The largest absolute Gasteiger partial charge is 0.442 e. The average molecular weight is 145 g/mol. The molecule has 0 atom stereocenters. The van der Waals surface area contributed by atoms with Crippen molar-refractivity contribution in [1.29, 1.82) is 0 Å². The highest BCUT2D eigenvalue weighted by atomic mass is 16.3. The van der Waals surface area contributed by atoms with E-state index in [0.29, 0.717) is 5.76 Å². The van der Waals surface area contributed by atoms with Gasteiger partial charge in [0.05, 0.1) is 6.20 Å². The summed E-state index contributed by atoms with van der Waals surface area (Å²) in [4.78, 5) is 7.83. The molecule has 0 fully saturated rings. The predicted molar refractivity (Wildman–Crippen MR) is 38.6 cm³/mol. The monoisotopic (exact) mass is 145 g/mol. The molecule has 0 N–H and O–H groups in total. The van der Waals surface area contributed by atoms with Crippen LogP contribution >= 0.6 is 0 Å². The number of aromatic nitrogens is 2. The first-order chi connectivity index (χ1) is 5.47. The van der Waals surface area contributed by atoms with Crippen LogP contribution in [-0.2, 0) is 0 Å². The summed E-state index contributed by atoms with van der Waals surface area (Å²) in [7, 11) is 0. The minimum atomic E-state index is 0.668. The molecule has 0 saturated heterocycles. The summed E-state index contributed by atoms with van der Waals surface area (Å²) in [5.74, 6) is 0.668. The Bertz CT molecular complexity index is 315. The molecule has 0 saturated carbocycles. The molecule has 0 spiro atoms. The van der Waals surface area contributed by atoms with Crippen molar-refractivity contribution in [3.05, 3.63) is 37.0 Å². The van der Waals surface area contributed by atoms with Crippen LogP contribution < -0.4 is 0 Å². The Hall–Kier alpha value is -1.64. The lowest BCUT2D eigenvalue weighted by Gasteiger charge is -1.90. The molecule has 2 rings (SSSR count). The van der Waals surface area contributed by atoms with E-state index in [1.165, 1.54) is 6.39 Å². The summed E-state index contributed by atoms with van der Waals surface area (Å²) < 4.78 is 5.03. The fourth-order valence-electron chi connectivity index (χ4n) is 0.802. The Morgan fingerprint density at radius 1 is 1.45 bits per heavy atom. The SMILES string of the molecule is [c]1ccnc(-c2cnco2)c1. The normalized spacial score (nSPS) is 9.82. The molecule has 3 heteroatoms. The van der Waals surface area contributed by atoms with Gasteiger partial charge in [0.15, 0.2) is 12.2 Å². The van der Waals surface area contributed by atoms with Gasteiger partial charge in [-0.25, -0.2) is 4.98 Å². The van der Waals surface area contributed by atoms with E-state index in [0.717, 1.165) is 5.69 Å². The maximum atomic E-state index is 5.03. The first kappa shape index (κ1) is 6.09. The minimum Gasteiger partial charge on any atom is -0.442 e. The minimum absolute atomic E-state index is 0.668. The van der Waals surface area contributed by atoms with Crippen molar-refractivity contribution in [2.75, 3.05) is 0 Å². The molecule has 0 aliphatic rings. The number of oxazole rings is 1. The van der Waals surface area contributed by atoms with Crippen molar-refractivity contribution in [3.63, 3.8) is 0 Å². The fourth-order valence-corrected chi connectivity index (χ4v) is 0.802. The first-order valence-electron chi connectivity index (χ1n) is 3.18. The van der Waals surface area contributed by atoms with E-state index in [1.54, 1.807) is 24.5 Å². The highest BCUT2D eigenvalue weighted by Crippen LogP contribution is 2.13. The van der Waals surface area contributed by atoms with Crippen LogP contribution in [0.3, 0.4) is 0 Å². The number of rotatable bonds is 1. The molecule has 53 valence electrons. The summed E-state index contributed by atoms with van der Waals surface area (Å²) >= 11 is 0. The summed E-state index contributed by atoms with van der Waals surface area (Å²) in [6, 6.07) is 6.39. The van der Waals surface area contributed by atoms with Gasteiger partial charge in [-0.1, -0.05) is 0 Å². The zero-order valence-corrected chi connectivity index (χ0v) is 5.69. The van der Waals surface area contributed by atoms with Gasteiger partial charge < -0.3 is 4.42 Å². The van der Waals surface area contributed by atoms with Crippen LogP contribution in [0.4, 0.5) is 0 Å². The van der Waals surface area contributed by atoms with Crippen LogP contribution in [-0.4, -0.2) is 9.97 Å². The van der Waals surface area contributed by atoms with E-state index >= 15 is 0 Å². The van der Waals surface area contributed by atoms with Crippen molar-refractivity contribution >= 4 is 0 Å². The molecule has 0 aliphatic carbocycles. The van der Waals surface area contributed by atoms with Gasteiger partial charge in [0, 0.05) is 6.20 Å². The third kappa shape index (κ3) is 1.12. The van der Waals surface area contributed by atoms with Crippen molar-refractivity contribution in [2.45, 2.75) is 0 Å². The molecule has 2 heterocycles. The maximum Gasteiger partial charge on any atom is 0.181 e. The molecule has 0 amide bonds. The predicted octanol–water partition coefficient (Wildman–Crippen LogP) is 1.54. The Morgan fingerprint density at radius 2 is 2.45 bits per heavy atom. The summed E-state index contributed by atoms with van der Waals surface area (Å²) in [5, 5.41) is 0. The highest BCUT2D eigenvalue weighted by Gasteiger charge is 1.99. The molecular formula is C8H5N2O. The van der Waals surface area contributed by atoms with E-state index in [-0.39, 0.29) is 0 Å². The van der Waals surface area contributed by atoms with Gasteiger partial charge in [-0.2, -0.15) is 0 Å². The van der Waals surface area contributed by atoms with Gasteiger partial charge in [0.25, 0.3) is 0 Å². The molecule has 0 unspecified atom stereocenters. The summed E-state index contributed by atoms with van der Waals surface area (Å²) in [6.07, 6.45) is 4.66. The quantitative estimate of drug-likeness (QED) is 0.610. The average Bonchev–Trinajstić information content (AvgIpc) is 2.58. The van der Waals surface area contributed by atoms with Gasteiger partial charge in [-0.05, 0) is 18.2 Å². The Morgan fingerprint density at radius 3 is 3.09 bits per heavy atom. The van der Waals surface area contributed by atoms with Crippen molar-refractivity contribution in [2.24, 2.45) is 0 Å². The lowest BCUT2D eigenvalue weighted by atomic mass is 10.3. The topological polar surface area (TPSA) is 38.9 Å². The molecule has 2 aromatic rings. The van der Waals surface area contributed by atoms with Crippen LogP contribution in [0.15, 0.2) is 35.3 Å². The smallest absolute Gasteiger partial charge is 0.181 e. The van der Waals surface area contributed by atoms with Crippen molar-refractivity contribution in [1.82, 2.24) is 9.97 Å². The fraction of sp³-hybridized carbons (Fsp3) is 0. The van der Waals surface area contributed by atoms with Crippen LogP contribution in [0.2, 0.25) is 0 Å². The lowest BCUT2D eigenvalue weighted by molar-refractivity contribution is 0.570. The number of pyridine rings is 1. The van der Waals surface area contributed by atoms with Crippen molar-refractivity contribution < 1.29 is 4.42 Å². The number of hydrogen-bond donors (Lipinski definition) is 0. The third-order valence-electron chi connectivity index (χ3n) is 1.29. The van der Waals surface area contributed by atoms with Crippen LogP contribution in [0.1, 0.15) is 0 Å². The second kappa shape index (κ2) is 2.54. The lowest BCUT2D eigenvalue weighted by Crippen LogP contribution is -1.77. The molecule has 2 aromatic heterocycles. The third-order valence-corrected chi connectivity index (χ3v) is 1.29. The molecule has 0 aromatic carbocycles. The van der Waals surface area contributed by atoms with E-state index < -0.39 is 0 Å². The molecule has 0 bridgehead atoms. The molecule has 0 aliphatic heterocycles. The standard InChI is InChI=1S/C8H5N2O/c1-2-4-10-7(3-1)8-5-9-6-11-8/h2-6H. The molecule has 11 heavy (non-hydrogen) atoms. The maximum absolute atomic E-state index is 5.03. The number of nitrogens with zero attached hydrogens (tertiary/aromatic N) is 2. The van der Waals surface area contributed by atoms with Crippen LogP contribution in [0, 0.1) is 6.07 Å². The van der Waals surface area contributed by atoms with Gasteiger partial charge >= 0.3 is 0 Å². The first-order valence-corrected chi connectivity index (χ1v) is 3.18. The molecular weight excluding hydrogens is 140 g/mol. The Labute approximate surface area is 63.7 Å². The van der Waals surface area contributed by atoms with Crippen LogP contribution in [0.25, 0.3) is 11.5 Å². The van der Waals surface area contributed by atoms with E-state index in [2.05, 4.69) is 16.0 Å². The molecule has 3 nitrogen and oxygen atoms in total. The van der Waals surface area contributed by atoms with E-state index in [9.17, 15) is 0 Å².